The molecule has 0 radical (unpaired) electrons. The molecule has 2 aromatic carbocycles. The monoisotopic (exact) mass is 394 g/mol. The fraction of sp³-hybridized carbons (Fsp3) is 0.217. The maximum atomic E-state index is 14.1. The molecule has 0 N–H and O–H groups in total. The summed E-state index contributed by atoms with van der Waals surface area (Å²) in [4.78, 5) is 16.3. The van der Waals surface area contributed by atoms with Crippen molar-refractivity contribution in [1.29, 1.82) is 0 Å². The molecule has 0 saturated heterocycles. The molecule has 6 heteroatoms. The summed E-state index contributed by atoms with van der Waals surface area (Å²) in [5.41, 5.74) is 3.20. The second kappa shape index (κ2) is 8.27. The molecular weight excluding hydrogens is 374 g/mol. The second-order valence-electron chi connectivity index (χ2n) is 6.47. The highest BCUT2D eigenvalue weighted by atomic mass is 19.1. The van der Waals surface area contributed by atoms with E-state index in [0.717, 1.165) is 23.9 Å². The molecule has 0 aliphatic heterocycles. The summed E-state index contributed by atoms with van der Waals surface area (Å²) in [6.45, 7) is 11.5. The lowest BCUT2D eigenvalue weighted by Crippen LogP contribution is -2.12. The number of halogens is 2. The summed E-state index contributed by atoms with van der Waals surface area (Å²) in [6.07, 6.45) is 0.577. The van der Waals surface area contributed by atoms with Crippen molar-refractivity contribution in [3.63, 3.8) is 0 Å². The molecule has 0 spiro atoms. The van der Waals surface area contributed by atoms with Crippen molar-refractivity contribution in [3.05, 3.63) is 76.9 Å². The molecule has 0 unspecified atom stereocenters. The summed E-state index contributed by atoms with van der Waals surface area (Å²) in [7, 11) is 1.74. The maximum Gasteiger partial charge on any atom is 0.354 e. The molecule has 3 aromatic rings. The Bertz CT molecular complexity index is 1110. The summed E-state index contributed by atoms with van der Waals surface area (Å²) < 4.78 is 34.5. The van der Waals surface area contributed by atoms with Crippen molar-refractivity contribution in [2.45, 2.75) is 20.3 Å². The lowest BCUT2D eigenvalue weighted by Gasteiger charge is -2.10. The van der Waals surface area contributed by atoms with Crippen LogP contribution in [0.15, 0.2) is 42.5 Å². The van der Waals surface area contributed by atoms with E-state index in [4.69, 9.17) is 11.3 Å². The van der Waals surface area contributed by atoms with Gasteiger partial charge in [-0.15, -0.1) is 0 Å². The van der Waals surface area contributed by atoms with Crippen LogP contribution in [0.2, 0.25) is 0 Å². The number of hydrogen-bond donors (Lipinski definition) is 0. The summed E-state index contributed by atoms with van der Waals surface area (Å²) >= 11 is 0. The lowest BCUT2D eigenvalue weighted by atomic mass is 9.98. The number of aromatic nitrogens is 1. The van der Waals surface area contributed by atoms with Gasteiger partial charge in [-0.25, -0.2) is 18.4 Å². The normalized spacial score (nSPS) is 10.6. The van der Waals surface area contributed by atoms with Crippen LogP contribution in [0.25, 0.3) is 27.1 Å². The first kappa shape index (κ1) is 20.3. The molecule has 0 atom stereocenters. The van der Waals surface area contributed by atoms with Gasteiger partial charge in [-0.05, 0) is 42.7 Å². The SMILES string of the molecule is [C-]#[N+]c1c(-c2ccc(-c3cc(F)ccc3F)cc2)c(C(=O)OCC)n(C)c1CC. The van der Waals surface area contributed by atoms with E-state index in [-0.39, 0.29) is 12.2 Å². The molecule has 0 aliphatic rings. The maximum absolute atomic E-state index is 14.1. The van der Waals surface area contributed by atoms with Gasteiger partial charge in [-0.2, -0.15) is 0 Å². The van der Waals surface area contributed by atoms with Crippen molar-refractivity contribution in [2.75, 3.05) is 6.61 Å². The highest BCUT2D eigenvalue weighted by Crippen LogP contribution is 2.40. The van der Waals surface area contributed by atoms with Crippen LogP contribution in [0.1, 0.15) is 30.0 Å². The number of esters is 1. The van der Waals surface area contributed by atoms with Crippen LogP contribution in [0, 0.1) is 18.2 Å². The highest BCUT2D eigenvalue weighted by Gasteiger charge is 2.26. The van der Waals surface area contributed by atoms with Crippen molar-refractivity contribution < 1.29 is 18.3 Å². The van der Waals surface area contributed by atoms with E-state index in [1.807, 2.05) is 6.92 Å². The van der Waals surface area contributed by atoms with Crippen LogP contribution in [0.3, 0.4) is 0 Å². The Labute approximate surface area is 168 Å². The van der Waals surface area contributed by atoms with Crippen molar-refractivity contribution in [2.24, 2.45) is 7.05 Å². The largest absolute Gasteiger partial charge is 0.461 e. The van der Waals surface area contributed by atoms with Gasteiger partial charge in [0.25, 0.3) is 0 Å². The zero-order chi connectivity index (χ0) is 21.1. The van der Waals surface area contributed by atoms with Crippen LogP contribution in [0.4, 0.5) is 14.5 Å². The zero-order valence-corrected chi connectivity index (χ0v) is 16.4. The Kier molecular flexibility index (Phi) is 5.79. The van der Waals surface area contributed by atoms with Gasteiger partial charge in [0.1, 0.15) is 17.3 Å². The predicted molar refractivity (Wildman–Crippen MR) is 108 cm³/mol. The Morgan fingerprint density at radius 2 is 1.76 bits per heavy atom. The molecular formula is C23H20F2N2O2. The predicted octanol–water partition coefficient (Wildman–Crippen LogP) is 5.93. The fourth-order valence-corrected chi connectivity index (χ4v) is 3.49. The van der Waals surface area contributed by atoms with E-state index in [9.17, 15) is 13.6 Å². The summed E-state index contributed by atoms with van der Waals surface area (Å²) in [6, 6.07) is 9.98. The van der Waals surface area contributed by atoms with Gasteiger partial charge in [0.05, 0.1) is 13.2 Å². The molecule has 0 saturated carbocycles. The number of carbonyl (C=O) groups excluding carboxylic acids is 1. The van der Waals surface area contributed by atoms with Crippen LogP contribution in [0.5, 0.6) is 0 Å². The number of hydrogen-bond acceptors (Lipinski definition) is 2. The van der Waals surface area contributed by atoms with E-state index < -0.39 is 17.6 Å². The molecule has 1 aromatic heterocycles. The number of rotatable bonds is 5. The topological polar surface area (TPSA) is 35.6 Å². The minimum absolute atomic E-state index is 0.148. The minimum Gasteiger partial charge on any atom is -0.461 e. The zero-order valence-electron chi connectivity index (χ0n) is 16.4. The van der Waals surface area contributed by atoms with Crippen molar-refractivity contribution >= 4 is 11.7 Å². The second-order valence-corrected chi connectivity index (χ2v) is 6.47. The summed E-state index contributed by atoms with van der Waals surface area (Å²) in [5.74, 6) is -1.56. The average molecular weight is 394 g/mol. The van der Waals surface area contributed by atoms with Crippen LogP contribution in [-0.4, -0.2) is 17.1 Å². The third kappa shape index (κ3) is 3.64. The van der Waals surface area contributed by atoms with Crippen molar-refractivity contribution in [3.8, 4) is 22.3 Å². The molecule has 148 valence electrons. The van der Waals surface area contributed by atoms with Gasteiger partial charge < -0.3 is 9.30 Å². The molecule has 29 heavy (non-hydrogen) atoms. The van der Waals surface area contributed by atoms with E-state index in [1.54, 1.807) is 42.8 Å². The number of ether oxygens (including phenoxy) is 1. The molecule has 3 rings (SSSR count). The van der Waals surface area contributed by atoms with E-state index in [1.165, 1.54) is 0 Å². The van der Waals surface area contributed by atoms with Gasteiger partial charge in [0.15, 0.2) is 0 Å². The minimum atomic E-state index is -0.527. The number of carbonyl (C=O) groups is 1. The Morgan fingerprint density at radius 1 is 1.10 bits per heavy atom. The average Bonchev–Trinajstić information content (AvgIpc) is 3.01. The molecule has 4 nitrogen and oxygen atoms in total. The standard InChI is InChI=1S/C23H20F2N2O2/c1-5-19-21(26-3)20(22(27(19)4)23(28)29-6-2)15-9-7-14(8-10-15)17-13-16(24)11-12-18(17)25/h7-13H,5-6H2,1-2,4H3. The van der Waals surface area contributed by atoms with Crippen LogP contribution >= 0.6 is 0 Å². The van der Waals surface area contributed by atoms with Crippen LogP contribution < -0.4 is 0 Å². The van der Waals surface area contributed by atoms with Gasteiger partial charge in [0.2, 0.25) is 5.69 Å². The van der Waals surface area contributed by atoms with Gasteiger partial charge in [0, 0.05) is 23.9 Å². The van der Waals surface area contributed by atoms with Gasteiger partial charge >= 0.3 is 5.97 Å². The third-order valence-electron chi connectivity index (χ3n) is 4.82. The number of benzene rings is 2. The van der Waals surface area contributed by atoms with Gasteiger partial charge in [-0.1, -0.05) is 31.2 Å². The highest BCUT2D eigenvalue weighted by molar-refractivity contribution is 6.01. The quantitative estimate of drug-likeness (QED) is 0.397. The smallest absolute Gasteiger partial charge is 0.354 e. The fourth-order valence-electron chi connectivity index (χ4n) is 3.49. The summed E-state index contributed by atoms with van der Waals surface area (Å²) in [5, 5.41) is 0. The molecule has 0 bridgehead atoms. The third-order valence-corrected chi connectivity index (χ3v) is 4.82. The van der Waals surface area contributed by atoms with E-state index in [2.05, 4.69) is 4.85 Å². The van der Waals surface area contributed by atoms with E-state index >= 15 is 0 Å². The first-order chi connectivity index (χ1) is 13.9. The van der Waals surface area contributed by atoms with E-state index in [0.29, 0.717) is 34.5 Å². The lowest BCUT2D eigenvalue weighted by molar-refractivity contribution is 0.0516. The Morgan fingerprint density at radius 3 is 2.34 bits per heavy atom. The van der Waals surface area contributed by atoms with Crippen LogP contribution in [-0.2, 0) is 18.2 Å². The molecule has 1 heterocycles. The Balaban J connectivity index is 2.17. The molecule has 0 fully saturated rings. The van der Waals surface area contributed by atoms with Crippen molar-refractivity contribution in [1.82, 2.24) is 4.57 Å². The molecule has 0 amide bonds. The number of nitrogens with zero attached hydrogens (tertiary/aromatic N) is 2. The first-order valence-electron chi connectivity index (χ1n) is 9.24. The Hall–Kier alpha value is -3.46. The van der Waals surface area contributed by atoms with Gasteiger partial charge in [-0.3, -0.25) is 0 Å². The molecule has 0 aliphatic carbocycles. The first-order valence-corrected chi connectivity index (χ1v) is 9.24.